The summed E-state index contributed by atoms with van der Waals surface area (Å²) in [5.74, 6) is 0.519. The van der Waals surface area contributed by atoms with Gasteiger partial charge in [-0.3, -0.25) is 4.79 Å². The molecule has 1 aliphatic rings. The molecule has 0 aromatic heterocycles. The fourth-order valence-corrected chi connectivity index (χ4v) is 2.59. The number of amides is 1. The lowest BCUT2D eigenvalue weighted by atomic mass is 10.0. The molecule has 4 nitrogen and oxygen atoms in total. The number of rotatable bonds is 4. The standard InChI is InChI=1S/C14H21N3O/c1-16-14(18)10-5-7-12(8-6-10)17-13-4-2-3-11(13)9-15/h5-8,11,13,17H,2-4,9,15H2,1H3,(H,16,18). The van der Waals surface area contributed by atoms with Gasteiger partial charge in [0, 0.05) is 24.3 Å². The third-order valence-corrected chi connectivity index (χ3v) is 3.69. The van der Waals surface area contributed by atoms with Crippen LogP contribution in [0.15, 0.2) is 24.3 Å². The highest BCUT2D eigenvalue weighted by Crippen LogP contribution is 2.27. The molecule has 2 atom stereocenters. The van der Waals surface area contributed by atoms with Gasteiger partial charge in [0.2, 0.25) is 0 Å². The number of carbonyl (C=O) groups excluding carboxylic acids is 1. The van der Waals surface area contributed by atoms with E-state index in [-0.39, 0.29) is 5.91 Å². The lowest BCUT2D eigenvalue weighted by Gasteiger charge is -2.20. The van der Waals surface area contributed by atoms with Gasteiger partial charge in [-0.15, -0.1) is 0 Å². The largest absolute Gasteiger partial charge is 0.382 e. The van der Waals surface area contributed by atoms with Gasteiger partial charge in [-0.2, -0.15) is 0 Å². The molecule has 0 radical (unpaired) electrons. The van der Waals surface area contributed by atoms with Crippen molar-refractivity contribution in [1.29, 1.82) is 0 Å². The predicted molar refractivity (Wildman–Crippen MR) is 73.6 cm³/mol. The van der Waals surface area contributed by atoms with Crippen LogP contribution in [0.4, 0.5) is 5.69 Å². The van der Waals surface area contributed by atoms with Crippen molar-refractivity contribution in [3.63, 3.8) is 0 Å². The Bertz CT molecular complexity index is 402. The number of nitrogens with two attached hydrogens (primary N) is 1. The maximum atomic E-state index is 11.4. The Morgan fingerprint density at radius 3 is 2.67 bits per heavy atom. The minimum atomic E-state index is -0.0535. The van der Waals surface area contributed by atoms with Crippen molar-refractivity contribution < 1.29 is 4.79 Å². The van der Waals surface area contributed by atoms with Crippen molar-refractivity contribution in [2.24, 2.45) is 11.7 Å². The predicted octanol–water partition coefficient (Wildman–Crippen LogP) is 1.59. The summed E-state index contributed by atoms with van der Waals surface area (Å²) in [5.41, 5.74) is 7.51. The van der Waals surface area contributed by atoms with Gasteiger partial charge in [0.25, 0.3) is 5.91 Å². The van der Waals surface area contributed by atoms with Gasteiger partial charge in [0.05, 0.1) is 0 Å². The molecule has 0 aliphatic heterocycles. The normalized spacial score (nSPS) is 22.8. The summed E-state index contributed by atoms with van der Waals surface area (Å²) in [4.78, 5) is 11.4. The molecular formula is C14H21N3O. The number of benzene rings is 1. The summed E-state index contributed by atoms with van der Waals surface area (Å²) in [6.07, 6.45) is 3.64. The molecule has 1 aliphatic carbocycles. The maximum absolute atomic E-state index is 11.4. The fourth-order valence-electron chi connectivity index (χ4n) is 2.59. The highest BCUT2D eigenvalue weighted by atomic mass is 16.1. The lowest BCUT2D eigenvalue weighted by Crippen LogP contribution is -2.29. The first-order valence-electron chi connectivity index (χ1n) is 6.53. The summed E-state index contributed by atoms with van der Waals surface area (Å²) in [6, 6.07) is 8.06. The van der Waals surface area contributed by atoms with E-state index in [0.29, 0.717) is 17.5 Å². The third-order valence-electron chi connectivity index (χ3n) is 3.69. The first-order chi connectivity index (χ1) is 8.74. The summed E-state index contributed by atoms with van der Waals surface area (Å²) in [5, 5.41) is 6.13. The number of hydrogen-bond acceptors (Lipinski definition) is 3. The third kappa shape index (κ3) is 2.82. The Hall–Kier alpha value is -1.55. The van der Waals surface area contributed by atoms with Crippen LogP contribution in [0.1, 0.15) is 29.6 Å². The molecule has 4 heteroatoms. The van der Waals surface area contributed by atoms with E-state index in [1.807, 2.05) is 24.3 Å². The van der Waals surface area contributed by atoms with Crippen LogP contribution in [0.5, 0.6) is 0 Å². The minimum Gasteiger partial charge on any atom is -0.382 e. The number of anilines is 1. The molecule has 1 aromatic rings. The van der Waals surface area contributed by atoms with Crippen LogP contribution in [0.25, 0.3) is 0 Å². The Morgan fingerprint density at radius 1 is 1.33 bits per heavy atom. The van der Waals surface area contributed by atoms with Crippen molar-refractivity contribution in [1.82, 2.24) is 5.32 Å². The zero-order chi connectivity index (χ0) is 13.0. The van der Waals surface area contributed by atoms with Gasteiger partial charge in [-0.05, 0) is 49.6 Å². The average Bonchev–Trinajstić information content (AvgIpc) is 2.86. The van der Waals surface area contributed by atoms with E-state index in [1.54, 1.807) is 7.05 Å². The van der Waals surface area contributed by atoms with Crippen molar-refractivity contribution in [2.45, 2.75) is 25.3 Å². The van der Waals surface area contributed by atoms with Crippen molar-refractivity contribution in [3.05, 3.63) is 29.8 Å². The molecule has 0 bridgehead atoms. The number of carbonyl (C=O) groups is 1. The van der Waals surface area contributed by atoms with Gasteiger partial charge < -0.3 is 16.4 Å². The minimum absolute atomic E-state index is 0.0535. The molecule has 0 saturated heterocycles. The van der Waals surface area contributed by atoms with Crippen molar-refractivity contribution in [3.8, 4) is 0 Å². The monoisotopic (exact) mass is 247 g/mol. The molecule has 1 fully saturated rings. The SMILES string of the molecule is CNC(=O)c1ccc(NC2CCCC2CN)cc1. The van der Waals surface area contributed by atoms with Gasteiger partial charge in [-0.25, -0.2) is 0 Å². The Morgan fingerprint density at radius 2 is 2.06 bits per heavy atom. The summed E-state index contributed by atoms with van der Waals surface area (Å²) < 4.78 is 0. The van der Waals surface area contributed by atoms with E-state index in [1.165, 1.54) is 19.3 Å². The van der Waals surface area contributed by atoms with E-state index in [2.05, 4.69) is 10.6 Å². The van der Waals surface area contributed by atoms with Crippen LogP contribution in [-0.2, 0) is 0 Å². The van der Waals surface area contributed by atoms with Crippen molar-refractivity contribution >= 4 is 11.6 Å². The van der Waals surface area contributed by atoms with Gasteiger partial charge in [-0.1, -0.05) is 6.42 Å². The fraction of sp³-hybridized carbons (Fsp3) is 0.500. The molecule has 2 rings (SSSR count). The quantitative estimate of drug-likeness (QED) is 0.757. The van der Waals surface area contributed by atoms with Gasteiger partial charge in [0.15, 0.2) is 0 Å². The van der Waals surface area contributed by atoms with Crippen LogP contribution in [0.3, 0.4) is 0 Å². The molecule has 98 valence electrons. The van der Waals surface area contributed by atoms with E-state index in [0.717, 1.165) is 12.2 Å². The molecular weight excluding hydrogens is 226 g/mol. The molecule has 1 aromatic carbocycles. The average molecular weight is 247 g/mol. The number of nitrogens with one attached hydrogen (secondary N) is 2. The topological polar surface area (TPSA) is 67.2 Å². The molecule has 0 heterocycles. The smallest absolute Gasteiger partial charge is 0.251 e. The first kappa shape index (κ1) is 12.9. The number of hydrogen-bond donors (Lipinski definition) is 3. The molecule has 1 saturated carbocycles. The van der Waals surface area contributed by atoms with E-state index in [4.69, 9.17) is 5.73 Å². The Labute approximate surface area is 108 Å². The zero-order valence-electron chi connectivity index (χ0n) is 10.8. The van der Waals surface area contributed by atoms with Gasteiger partial charge >= 0.3 is 0 Å². The Balaban J connectivity index is 2.00. The molecule has 4 N–H and O–H groups in total. The van der Waals surface area contributed by atoms with Crippen LogP contribution >= 0.6 is 0 Å². The molecule has 18 heavy (non-hydrogen) atoms. The van der Waals surface area contributed by atoms with Crippen LogP contribution in [-0.4, -0.2) is 25.5 Å². The molecule has 1 amide bonds. The van der Waals surface area contributed by atoms with E-state index in [9.17, 15) is 4.79 Å². The van der Waals surface area contributed by atoms with E-state index >= 15 is 0 Å². The second-order valence-corrected chi connectivity index (χ2v) is 4.83. The van der Waals surface area contributed by atoms with E-state index < -0.39 is 0 Å². The second kappa shape index (κ2) is 5.87. The van der Waals surface area contributed by atoms with Crippen LogP contribution in [0.2, 0.25) is 0 Å². The molecule has 2 unspecified atom stereocenters. The highest BCUT2D eigenvalue weighted by Gasteiger charge is 2.25. The summed E-state index contributed by atoms with van der Waals surface area (Å²) in [7, 11) is 1.64. The summed E-state index contributed by atoms with van der Waals surface area (Å²) in [6.45, 7) is 0.744. The molecule has 0 spiro atoms. The maximum Gasteiger partial charge on any atom is 0.251 e. The lowest BCUT2D eigenvalue weighted by molar-refractivity contribution is 0.0963. The summed E-state index contributed by atoms with van der Waals surface area (Å²) >= 11 is 0. The first-order valence-corrected chi connectivity index (χ1v) is 6.53. The Kier molecular flexibility index (Phi) is 4.20. The highest BCUT2D eigenvalue weighted by molar-refractivity contribution is 5.94. The van der Waals surface area contributed by atoms with Gasteiger partial charge in [0.1, 0.15) is 0 Å². The zero-order valence-corrected chi connectivity index (χ0v) is 10.8. The van der Waals surface area contributed by atoms with Crippen LogP contribution < -0.4 is 16.4 Å². The van der Waals surface area contributed by atoms with Crippen molar-refractivity contribution in [2.75, 3.05) is 18.9 Å². The van der Waals surface area contributed by atoms with Crippen LogP contribution in [0, 0.1) is 5.92 Å². The second-order valence-electron chi connectivity index (χ2n) is 4.83.